The van der Waals surface area contributed by atoms with Crippen LogP contribution in [0.5, 0.6) is 0 Å². The number of hydrogen-bond acceptors (Lipinski definition) is 7. The first kappa shape index (κ1) is 13.0. The summed E-state index contributed by atoms with van der Waals surface area (Å²) in [7, 11) is 0. The number of amides is 1. The molecule has 11 heteroatoms. The highest BCUT2D eigenvalue weighted by atomic mass is 35.5. The number of carbonyl (C=O) groups is 1. The van der Waals surface area contributed by atoms with E-state index in [1.54, 1.807) is 6.92 Å². The van der Waals surface area contributed by atoms with Gasteiger partial charge >= 0.3 is 17.6 Å². The largest absolute Gasteiger partial charge is 0.408 e. The number of primary amides is 1. The summed E-state index contributed by atoms with van der Waals surface area (Å²) in [6.45, 7) is 1.52. The molecule has 0 aliphatic rings. The molecule has 2 aromatic heterocycles. The Hall–Kier alpha value is -2.49. The number of nitrogens with two attached hydrogens (primary N) is 1. The van der Waals surface area contributed by atoms with Gasteiger partial charge in [0.15, 0.2) is 10.8 Å². The van der Waals surface area contributed by atoms with Crippen LogP contribution < -0.4 is 5.73 Å². The third-order valence-corrected chi connectivity index (χ3v) is 2.70. The second-order valence-electron chi connectivity index (χ2n) is 3.52. The van der Waals surface area contributed by atoms with E-state index in [1.807, 2.05) is 0 Å². The first-order valence-electron chi connectivity index (χ1n) is 4.90. The minimum absolute atomic E-state index is 0.0316. The van der Waals surface area contributed by atoms with Crippen LogP contribution in [-0.2, 0) is 6.54 Å². The van der Waals surface area contributed by atoms with Gasteiger partial charge in [-0.25, -0.2) is 0 Å². The molecule has 0 atom stereocenters. The molecule has 100 valence electrons. The molecule has 2 N–H and O–H groups in total. The van der Waals surface area contributed by atoms with Gasteiger partial charge in [0.05, 0.1) is 10.8 Å². The van der Waals surface area contributed by atoms with Crippen LogP contribution in [-0.4, -0.2) is 30.8 Å². The number of nitro groups is 1. The van der Waals surface area contributed by atoms with Crippen molar-refractivity contribution in [1.82, 2.24) is 19.9 Å². The summed E-state index contributed by atoms with van der Waals surface area (Å²) >= 11 is 5.77. The smallest absolute Gasteiger partial charge is 0.361 e. The van der Waals surface area contributed by atoms with Crippen LogP contribution in [0.25, 0.3) is 0 Å². The van der Waals surface area contributed by atoms with E-state index in [2.05, 4.69) is 19.8 Å². The first-order valence-corrected chi connectivity index (χ1v) is 5.27. The van der Waals surface area contributed by atoms with Crippen LogP contribution in [0.4, 0.5) is 5.82 Å². The molecule has 2 heterocycles. The molecule has 0 bridgehead atoms. The molecule has 0 aliphatic heterocycles. The fourth-order valence-electron chi connectivity index (χ4n) is 1.33. The molecule has 0 spiro atoms. The lowest BCUT2D eigenvalue weighted by molar-refractivity contribution is -0.389. The lowest BCUT2D eigenvalue weighted by atomic mass is 10.4. The van der Waals surface area contributed by atoms with Crippen LogP contribution in [0.1, 0.15) is 22.2 Å². The van der Waals surface area contributed by atoms with E-state index in [-0.39, 0.29) is 23.3 Å². The predicted molar refractivity (Wildman–Crippen MR) is 60.5 cm³/mol. The van der Waals surface area contributed by atoms with Gasteiger partial charge in [-0.3, -0.25) is 4.79 Å². The van der Waals surface area contributed by atoms with Crippen molar-refractivity contribution in [3.05, 3.63) is 32.5 Å². The minimum atomic E-state index is -0.861. The molecule has 10 nitrogen and oxygen atoms in total. The first-order chi connectivity index (χ1) is 8.90. The molecule has 1 amide bonds. The third kappa shape index (κ3) is 2.38. The molecule has 2 aromatic rings. The topological polar surface area (TPSA) is 143 Å². The second-order valence-corrected chi connectivity index (χ2v) is 3.90. The predicted octanol–water partition coefficient (Wildman–Crippen LogP) is 0.283. The van der Waals surface area contributed by atoms with Crippen LogP contribution in [0.15, 0.2) is 4.52 Å². The monoisotopic (exact) mass is 286 g/mol. The van der Waals surface area contributed by atoms with Crippen molar-refractivity contribution in [2.75, 3.05) is 0 Å². The van der Waals surface area contributed by atoms with E-state index in [1.165, 1.54) is 4.68 Å². The Balaban J connectivity index is 2.30. The van der Waals surface area contributed by atoms with Gasteiger partial charge in [-0.05, 0) is 11.8 Å². The number of halogens is 1. The van der Waals surface area contributed by atoms with Crippen molar-refractivity contribution in [2.24, 2.45) is 5.73 Å². The highest BCUT2D eigenvalue weighted by molar-refractivity contribution is 6.33. The van der Waals surface area contributed by atoms with Gasteiger partial charge in [-0.1, -0.05) is 16.8 Å². The maximum Gasteiger partial charge on any atom is 0.408 e. The standard InChI is InChI=1S/C8H7ClN6O4/c1-3-5(9)7(15(17)18)12-14(3)2-4-11-8(6(10)16)19-13-4/h2H2,1H3,(H2,10,16). The summed E-state index contributed by atoms with van der Waals surface area (Å²) < 4.78 is 5.81. The van der Waals surface area contributed by atoms with E-state index < -0.39 is 16.6 Å². The number of carbonyl (C=O) groups excluding carboxylic acids is 1. The van der Waals surface area contributed by atoms with E-state index in [9.17, 15) is 14.9 Å². The molecule has 0 aromatic carbocycles. The van der Waals surface area contributed by atoms with Gasteiger partial charge in [0.2, 0.25) is 0 Å². The number of hydrogen-bond donors (Lipinski definition) is 1. The molecular weight excluding hydrogens is 280 g/mol. The maximum absolute atomic E-state index is 10.8. The average Bonchev–Trinajstić information content (AvgIpc) is 2.90. The molecule has 0 fully saturated rings. The third-order valence-electron chi connectivity index (χ3n) is 2.26. The Morgan fingerprint density at radius 3 is 2.79 bits per heavy atom. The Morgan fingerprint density at radius 2 is 2.32 bits per heavy atom. The Kier molecular flexibility index (Phi) is 3.17. The van der Waals surface area contributed by atoms with Crippen LogP contribution in [0.3, 0.4) is 0 Å². The quantitative estimate of drug-likeness (QED) is 0.628. The molecule has 19 heavy (non-hydrogen) atoms. The van der Waals surface area contributed by atoms with E-state index in [4.69, 9.17) is 17.3 Å². The van der Waals surface area contributed by atoms with Crippen molar-refractivity contribution in [3.8, 4) is 0 Å². The van der Waals surface area contributed by atoms with Crippen LogP contribution >= 0.6 is 11.6 Å². The minimum Gasteiger partial charge on any atom is -0.361 e. The Labute approximate surface area is 110 Å². The van der Waals surface area contributed by atoms with E-state index >= 15 is 0 Å². The van der Waals surface area contributed by atoms with Crippen molar-refractivity contribution in [2.45, 2.75) is 13.5 Å². The molecule has 2 rings (SSSR count). The summed E-state index contributed by atoms with van der Waals surface area (Å²) in [5.41, 5.74) is 5.32. The molecule has 0 aliphatic carbocycles. The lowest BCUT2D eigenvalue weighted by Gasteiger charge is -1.93. The fourth-order valence-corrected chi connectivity index (χ4v) is 1.54. The van der Waals surface area contributed by atoms with Crippen LogP contribution in [0.2, 0.25) is 5.02 Å². The van der Waals surface area contributed by atoms with Gasteiger partial charge in [0, 0.05) is 0 Å². The second kappa shape index (κ2) is 4.65. The lowest BCUT2D eigenvalue weighted by Crippen LogP contribution is -2.12. The summed E-state index contributed by atoms with van der Waals surface area (Å²) in [5, 5.41) is 17.8. The SMILES string of the molecule is Cc1c(Cl)c([N+](=O)[O-])nn1Cc1noc(C(N)=O)n1. The number of rotatable bonds is 4. The summed E-state index contributed by atoms with van der Waals surface area (Å²) in [4.78, 5) is 24.4. The molecule has 0 radical (unpaired) electrons. The zero-order valence-electron chi connectivity index (χ0n) is 9.53. The van der Waals surface area contributed by atoms with E-state index in [0.717, 1.165) is 0 Å². The maximum atomic E-state index is 10.8. The number of nitrogens with zero attached hydrogens (tertiary/aromatic N) is 5. The van der Waals surface area contributed by atoms with Gasteiger partial charge in [-0.15, -0.1) is 0 Å². The van der Waals surface area contributed by atoms with Gasteiger partial charge in [0.1, 0.15) is 6.54 Å². The summed E-state index contributed by atoms with van der Waals surface area (Å²) in [6, 6.07) is 0. The molecule has 0 saturated heterocycles. The Morgan fingerprint density at radius 1 is 1.63 bits per heavy atom. The zero-order valence-corrected chi connectivity index (χ0v) is 10.3. The van der Waals surface area contributed by atoms with E-state index in [0.29, 0.717) is 5.69 Å². The van der Waals surface area contributed by atoms with Gasteiger partial charge in [-0.2, -0.15) is 9.67 Å². The molecule has 0 unspecified atom stereocenters. The van der Waals surface area contributed by atoms with Crippen molar-refractivity contribution in [1.29, 1.82) is 0 Å². The van der Waals surface area contributed by atoms with Crippen molar-refractivity contribution >= 4 is 23.3 Å². The van der Waals surface area contributed by atoms with Crippen molar-refractivity contribution in [3.63, 3.8) is 0 Å². The number of aromatic nitrogens is 4. The van der Waals surface area contributed by atoms with Crippen LogP contribution in [0, 0.1) is 17.0 Å². The Bertz CT molecular complexity index is 662. The summed E-state index contributed by atoms with van der Waals surface area (Å²) in [5.74, 6) is -1.57. The molecule has 0 saturated carbocycles. The highest BCUT2D eigenvalue weighted by Crippen LogP contribution is 2.26. The molecular formula is C8H7ClN6O4. The zero-order chi connectivity index (χ0) is 14.2. The summed E-state index contributed by atoms with van der Waals surface area (Å²) in [6.07, 6.45) is 0. The van der Waals surface area contributed by atoms with Gasteiger partial charge in [0.25, 0.3) is 0 Å². The van der Waals surface area contributed by atoms with Crippen molar-refractivity contribution < 1.29 is 14.2 Å². The average molecular weight is 287 g/mol. The normalized spacial score (nSPS) is 10.6. The highest BCUT2D eigenvalue weighted by Gasteiger charge is 2.25. The fraction of sp³-hybridized carbons (Fsp3) is 0.250. The van der Waals surface area contributed by atoms with Gasteiger partial charge < -0.3 is 20.4 Å².